The summed E-state index contributed by atoms with van der Waals surface area (Å²) in [4.78, 5) is 12.2. The van der Waals surface area contributed by atoms with Crippen molar-refractivity contribution in [3.63, 3.8) is 0 Å². The van der Waals surface area contributed by atoms with Crippen LogP contribution in [-0.4, -0.2) is 5.11 Å². The Hall–Kier alpha value is -3.60. The molecular formula is C21H13FO4. The van der Waals surface area contributed by atoms with Crippen LogP contribution in [0.25, 0.3) is 22.3 Å². The van der Waals surface area contributed by atoms with Crippen LogP contribution in [0.5, 0.6) is 17.2 Å². The van der Waals surface area contributed by atoms with Gasteiger partial charge in [-0.25, -0.2) is 4.39 Å². The SMILES string of the molecule is O=c1cc(-c2ccc(Oc3ccccc3F)cc2)oc2ccc(O)cc12. The van der Waals surface area contributed by atoms with Crippen LogP contribution < -0.4 is 10.2 Å². The molecule has 0 aliphatic rings. The third-order valence-electron chi connectivity index (χ3n) is 3.91. The molecule has 0 saturated carbocycles. The zero-order valence-electron chi connectivity index (χ0n) is 13.5. The van der Waals surface area contributed by atoms with E-state index < -0.39 is 5.82 Å². The molecule has 0 radical (unpaired) electrons. The predicted octanol–water partition coefficient (Wildman–Crippen LogP) is 5.10. The summed E-state index contributed by atoms with van der Waals surface area (Å²) >= 11 is 0. The molecule has 0 aliphatic heterocycles. The fraction of sp³-hybridized carbons (Fsp3) is 0. The summed E-state index contributed by atoms with van der Waals surface area (Å²) in [7, 11) is 0. The van der Waals surface area contributed by atoms with E-state index >= 15 is 0 Å². The number of ether oxygens (including phenoxy) is 1. The Labute approximate surface area is 147 Å². The summed E-state index contributed by atoms with van der Waals surface area (Å²) in [5.74, 6) is 0.558. The first-order valence-electron chi connectivity index (χ1n) is 7.90. The molecule has 5 heteroatoms. The molecule has 0 fully saturated rings. The van der Waals surface area contributed by atoms with Gasteiger partial charge in [0.2, 0.25) is 0 Å². The van der Waals surface area contributed by atoms with Crippen molar-refractivity contribution in [3.05, 3.63) is 88.8 Å². The Kier molecular flexibility index (Phi) is 3.89. The Balaban J connectivity index is 1.67. The molecule has 0 bridgehead atoms. The lowest BCUT2D eigenvalue weighted by Gasteiger charge is -2.08. The van der Waals surface area contributed by atoms with Crippen molar-refractivity contribution in [1.82, 2.24) is 0 Å². The third kappa shape index (κ3) is 3.02. The first-order chi connectivity index (χ1) is 12.6. The summed E-state index contributed by atoms with van der Waals surface area (Å²) in [6, 6.07) is 18.7. The summed E-state index contributed by atoms with van der Waals surface area (Å²) in [6.45, 7) is 0. The molecule has 26 heavy (non-hydrogen) atoms. The lowest BCUT2D eigenvalue weighted by Crippen LogP contribution is -2.00. The monoisotopic (exact) mass is 348 g/mol. The number of halogens is 1. The van der Waals surface area contributed by atoms with Crippen molar-refractivity contribution in [1.29, 1.82) is 0 Å². The average Bonchev–Trinajstić information content (AvgIpc) is 2.65. The van der Waals surface area contributed by atoms with Gasteiger partial charge in [0.1, 0.15) is 22.8 Å². The lowest BCUT2D eigenvalue weighted by atomic mass is 10.1. The van der Waals surface area contributed by atoms with Gasteiger partial charge in [-0.3, -0.25) is 4.79 Å². The normalized spacial score (nSPS) is 10.8. The van der Waals surface area contributed by atoms with E-state index in [1.807, 2.05) is 0 Å². The second-order valence-electron chi connectivity index (χ2n) is 5.71. The molecule has 128 valence electrons. The largest absolute Gasteiger partial charge is 0.508 e. The van der Waals surface area contributed by atoms with Gasteiger partial charge in [-0.2, -0.15) is 0 Å². The van der Waals surface area contributed by atoms with Gasteiger partial charge < -0.3 is 14.3 Å². The smallest absolute Gasteiger partial charge is 0.193 e. The molecule has 4 rings (SSSR count). The molecule has 1 heterocycles. The van der Waals surface area contributed by atoms with Gasteiger partial charge in [0, 0.05) is 11.6 Å². The van der Waals surface area contributed by atoms with E-state index in [4.69, 9.17) is 9.15 Å². The predicted molar refractivity (Wildman–Crippen MR) is 96.1 cm³/mol. The quantitative estimate of drug-likeness (QED) is 0.560. The van der Waals surface area contributed by atoms with Crippen LogP contribution in [0.3, 0.4) is 0 Å². The van der Waals surface area contributed by atoms with E-state index in [-0.39, 0.29) is 16.9 Å². The zero-order valence-corrected chi connectivity index (χ0v) is 13.5. The topological polar surface area (TPSA) is 59.7 Å². The van der Waals surface area contributed by atoms with Crippen LogP contribution >= 0.6 is 0 Å². The maximum absolute atomic E-state index is 13.6. The van der Waals surface area contributed by atoms with Crippen molar-refractivity contribution in [3.8, 4) is 28.6 Å². The molecule has 0 aliphatic carbocycles. The van der Waals surface area contributed by atoms with Crippen LogP contribution in [0.15, 0.2) is 82.0 Å². The number of fused-ring (bicyclic) bond motifs is 1. The number of rotatable bonds is 3. The molecule has 0 saturated heterocycles. The number of phenolic OH excluding ortho intramolecular Hbond substituents is 1. The summed E-state index contributed by atoms with van der Waals surface area (Å²) in [5.41, 5.74) is 0.818. The van der Waals surface area contributed by atoms with Gasteiger partial charge in [0.25, 0.3) is 0 Å². The van der Waals surface area contributed by atoms with Crippen LogP contribution in [0.1, 0.15) is 0 Å². The van der Waals surface area contributed by atoms with Crippen LogP contribution in [0.2, 0.25) is 0 Å². The number of hydrogen-bond acceptors (Lipinski definition) is 4. The molecule has 4 aromatic rings. The highest BCUT2D eigenvalue weighted by molar-refractivity contribution is 5.80. The van der Waals surface area contributed by atoms with Gasteiger partial charge >= 0.3 is 0 Å². The highest BCUT2D eigenvalue weighted by Gasteiger charge is 2.09. The van der Waals surface area contributed by atoms with Gasteiger partial charge in [-0.15, -0.1) is 0 Å². The number of aromatic hydroxyl groups is 1. The fourth-order valence-corrected chi connectivity index (χ4v) is 2.63. The van der Waals surface area contributed by atoms with Gasteiger partial charge in [-0.1, -0.05) is 12.1 Å². The third-order valence-corrected chi connectivity index (χ3v) is 3.91. The molecule has 3 aromatic carbocycles. The van der Waals surface area contributed by atoms with Gasteiger partial charge in [-0.05, 0) is 54.6 Å². The molecular weight excluding hydrogens is 335 g/mol. The van der Waals surface area contributed by atoms with E-state index in [1.165, 1.54) is 24.3 Å². The average molecular weight is 348 g/mol. The van der Waals surface area contributed by atoms with E-state index in [9.17, 15) is 14.3 Å². The molecule has 4 nitrogen and oxygen atoms in total. The number of benzene rings is 3. The first kappa shape index (κ1) is 15.9. The fourth-order valence-electron chi connectivity index (χ4n) is 2.63. The summed E-state index contributed by atoms with van der Waals surface area (Å²) < 4.78 is 24.9. The Morgan fingerprint density at radius 3 is 2.46 bits per heavy atom. The summed E-state index contributed by atoms with van der Waals surface area (Å²) in [6.07, 6.45) is 0. The minimum atomic E-state index is -0.444. The van der Waals surface area contributed by atoms with Gasteiger partial charge in [0.05, 0.1) is 5.39 Å². The Morgan fingerprint density at radius 1 is 0.923 bits per heavy atom. The molecule has 0 amide bonds. The number of hydrogen-bond donors (Lipinski definition) is 1. The second-order valence-corrected chi connectivity index (χ2v) is 5.71. The van der Waals surface area contributed by atoms with Crippen molar-refractivity contribution < 1.29 is 18.7 Å². The van der Waals surface area contributed by atoms with Crippen molar-refractivity contribution >= 4 is 11.0 Å². The minimum absolute atomic E-state index is 0.00666. The van der Waals surface area contributed by atoms with E-state index in [1.54, 1.807) is 48.5 Å². The van der Waals surface area contributed by atoms with Crippen LogP contribution in [0, 0.1) is 5.82 Å². The van der Waals surface area contributed by atoms with E-state index in [0.29, 0.717) is 28.0 Å². The standard InChI is InChI=1S/C21H13FO4/c22-17-3-1-2-4-20(17)25-15-8-5-13(6-9-15)21-12-18(24)16-11-14(23)7-10-19(16)26-21/h1-12,23H. The van der Waals surface area contributed by atoms with Crippen LogP contribution in [-0.2, 0) is 0 Å². The maximum atomic E-state index is 13.6. The lowest BCUT2D eigenvalue weighted by molar-refractivity contribution is 0.442. The van der Waals surface area contributed by atoms with E-state index in [0.717, 1.165) is 0 Å². The molecule has 0 atom stereocenters. The molecule has 1 N–H and O–H groups in total. The van der Waals surface area contributed by atoms with Crippen molar-refractivity contribution in [2.24, 2.45) is 0 Å². The molecule has 0 spiro atoms. The van der Waals surface area contributed by atoms with Crippen molar-refractivity contribution in [2.75, 3.05) is 0 Å². The van der Waals surface area contributed by atoms with E-state index in [2.05, 4.69) is 0 Å². The second kappa shape index (κ2) is 6.37. The number of phenols is 1. The Morgan fingerprint density at radius 2 is 1.69 bits per heavy atom. The zero-order chi connectivity index (χ0) is 18.1. The van der Waals surface area contributed by atoms with Gasteiger partial charge in [0.15, 0.2) is 17.0 Å². The highest BCUT2D eigenvalue weighted by Crippen LogP contribution is 2.28. The minimum Gasteiger partial charge on any atom is -0.508 e. The Bertz CT molecular complexity index is 1150. The number of para-hydroxylation sites is 1. The molecule has 0 unspecified atom stereocenters. The maximum Gasteiger partial charge on any atom is 0.193 e. The van der Waals surface area contributed by atoms with Crippen molar-refractivity contribution in [2.45, 2.75) is 0 Å². The summed E-state index contributed by atoms with van der Waals surface area (Å²) in [5, 5.41) is 9.80. The highest BCUT2D eigenvalue weighted by atomic mass is 19.1. The first-order valence-corrected chi connectivity index (χ1v) is 7.90. The van der Waals surface area contributed by atoms with Crippen LogP contribution in [0.4, 0.5) is 4.39 Å². The molecule has 1 aromatic heterocycles.